The minimum atomic E-state index is -0.433. The summed E-state index contributed by atoms with van der Waals surface area (Å²) in [7, 11) is 0. The minimum absolute atomic E-state index is 0.0865. The van der Waals surface area contributed by atoms with Crippen LogP contribution in [-0.2, 0) is 9.59 Å². The summed E-state index contributed by atoms with van der Waals surface area (Å²) in [5, 5.41) is 2.35. The van der Waals surface area contributed by atoms with Crippen LogP contribution in [-0.4, -0.2) is 40.6 Å². The lowest BCUT2D eigenvalue weighted by molar-refractivity contribution is -0.127. The Kier molecular flexibility index (Phi) is 6.82. The van der Waals surface area contributed by atoms with Crippen molar-refractivity contribution in [1.82, 2.24) is 4.90 Å². The normalized spacial score (nSPS) is 20.4. The molecule has 2 aromatic rings. The lowest BCUT2D eigenvalue weighted by atomic mass is 9.79. The quantitative estimate of drug-likeness (QED) is 0.513. The van der Waals surface area contributed by atoms with Gasteiger partial charge in [0.15, 0.2) is 0 Å². The first-order valence-corrected chi connectivity index (χ1v) is 12.9. The maximum absolute atomic E-state index is 13.0. The number of anilines is 2. The number of fused-ring (bicyclic) bond motifs is 1. The molecule has 2 aliphatic rings. The summed E-state index contributed by atoms with van der Waals surface area (Å²) >= 11 is 0.880. The average Bonchev–Trinajstić information content (AvgIpc) is 3.03. The van der Waals surface area contributed by atoms with Gasteiger partial charge in [0.2, 0.25) is 5.91 Å². The van der Waals surface area contributed by atoms with Gasteiger partial charge in [-0.3, -0.25) is 19.3 Å². The van der Waals surface area contributed by atoms with E-state index in [1.807, 2.05) is 38.1 Å². The summed E-state index contributed by atoms with van der Waals surface area (Å²) in [6, 6.07) is 11.8. The van der Waals surface area contributed by atoms with Gasteiger partial charge in [-0.2, -0.15) is 0 Å². The Bertz CT molecular complexity index is 1230. The molecule has 0 radical (unpaired) electrons. The van der Waals surface area contributed by atoms with Crippen LogP contribution in [0.4, 0.5) is 16.2 Å². The van der Waals surface area contributed by atoms with Crippen LogP contribution in [0.5, 0.6) is 0 Å². The summed E-state index contributed by atoms with van der Waals surface area (Å²) in [6.45, 7) is 13.5. The zero-order chi connectivity index (χ0) is 25.5. The summed E-state index contributed by atoms with van der Waals surface area (Å²) in [5.41, 5.74) is 6.29. The van der Waals surface area contributed by atoms with Gasteiger partial charge in [-0.15, -0.1) is 0 Å². The highest BCUT2D eigenvalue weighted by atomic mass is 32.2. The first kappa shape index (κ1) is 25.0. The van der Waals surface area contributed by atoms with Crippen LogP contribution < -0.4 is 10.2 Å². The Morgan fingerprint density at radius 2 is 1.89 bits per heavy atom. The van der Waals surface area contributed by atoms with Gasteiger partial charge >= 0.3 is 0 Å². The van der Waals surface area contributed by atoms with Crippen molar-refractivity contribution < 1.29 is 14.4 Å². The van der Waals surface area contributed by atoms with Gasteiger partial charge in [-0.1, -0.05) is 19.1 Å². The number of carbonyl (C=O) groups is 3. The van der Waals surface area contributed by atoms with Crippen molar-refractivity contribution in [3.63, 3.8) is 0 Å². The molecule has 184 valence electrons. The summed E-state index contributed by atoms with van der Waals surface area (Å²) in [4.78, 5) is 41.8. The number of imide groups is 1. The lowest BCUT2D eigenvalue weighted by Gasteiger charge is -2.47. The van der Waals surface area contributed by atoms with Crippen LogP contribution in [0.1, 0.15) is 62.3 Å². The van der Waals surface area contributed by atoms with Gasteiger partial charge in [0, 0.05) is 23.5 Å². The molecule has 4 rings (SSSR count). The standard InChI is InChI=1S/C28H33N3O3S/c1-7-31-23-11-9-20(13-22(23)19(4)15-28(31,5)6)14-24-26(33)30(27(34)35-24)16-25(32)29-21-10-8-17(2)18(3)12-21/h8-14,19H,7,15-16H2,1-6H3,(H,29,32)/b24-14+. The molecule has 0 bridgehead atoms. The monoisotopic (exact) mass is 491 g/mol. The number of nitrogens with one attached hydrogen (secondary N) is 1. The van der Waals surface area contributed by atoms with Crippen molar-refractivity contribution in [2.45, 2.75) is 59.4 Å². The van der Waals surface area contributed by atoms with Crippen molar-refractivity contribution in [2.24, 2.45) is 0 Å². The zero-order valence-electron chi connectivity index (χ0n) is 21.3. The number of hydrogen-bond acceptors (Lipinski definition) is 5. The van der Waals surface area contributed by atoms with Crippen molar-refractivity contribution in [3.8, 4) is 0 Å². The number of rotatable bonds is 5. The fraction of sp³-hybridized carbons (Fsp3) is 0.393. The van der Waals surface area contributed by atoms with E-state index in [0.717, 1.165) is 46.3 Å². The maximum Gasteiger partial charge on any atom is 0.294 e. The van der Waals surface area contributed by atoms with E-state index < -0.39 is 17.1 Å². The molecule has 2 heterocycles. The highest BCUT2D eigenvalue weighted by molar-refractivity contribution is 8.18. The first-order chi connectivity index (χ1) is 16.5. The van der Waals surface area contributed by atoms with Crippen LogP contribution in [0.2, 0.25) is 0 Å². The molecule has 35 heavy (non-hydrogen) atoms. The molecular formula is C28H33N3O3S. The minimum Gasteiger partial charge on any atom is -0.366 e. The van der Waals surface area contributed by atoms with E-state index in [1.54, 1.807) is 6.08 Å². The molecule has 1 unspecified atom stereocenters. The van der Waals surface area contributed by atoms with Crippen molar-refractivity contribution in [2.75, 3.05) is 23.3 Å². The molecule has 0 spiro atoms. The van der Waals surface area contributed by atoms with Gasteiger partial charge in [0.25, 0.3) is 11.1 Å². The second-order valence-electron chi connectivity index (χ2n) is 10.1. The third-order valence-corrected chi connectivity index (χ3v) is 7.90. The van der Waals surface area contributed by atoms with Crippen LogP contribution in [0.25, 0.3) is 6.08 Å². The Morgan fingerprint density at radius 1 is 1.14 bits per heavy atom. The molecule has 2 aromatic carbocycles. The topological polar surface area (TPSA) is 69.7 Å². The molecule has 7 heteroatoms. The Labute approximate surface area is 211 Å². The average molecular weight is 492 g/mol. The summed E-state index contributed by atoms with van der Waals surface area (Å²) < 4.78 is 0. The molecule has 1 atom stereocenters. The third kappa shape index (κ3) is 5.01. The van der Waals surface area contributed by atoms with E-state index in [-0.39, 0.29) is 12.1 Å². The van der Waals surface area contributed by atoms with Gasteiger partial charge < -0.3 is 10.2 Å². The summed E-state index contributed by atoms with van der Waals surface area (Å²) in [5.74, 6) is -0.445. The molecule has 6 nitrogen and oxygen atoms in total. The van der Waals surface area contributed by atoms with E-state index in [1.165, 1.54) is 11.3 Å². The van der Waals surface area contributed by atoms with Crippen molar-refractivity contribution >= 4 is 46.3 Å². The second kappa shape index (κ2) is 9.53. The first-order valence-electron chi connectivity index (χ1n) is 12.0. The number of thioether (sulfide) groups is 1. The SMILES string of the molecule is CCN1c2ccc(/C=C3/SC(=O)N(CC(=O)Nc4ccc(C)c(C)c4)C3=O)cc2C(C)CC1(C)C. The van der Waals surface area contributed by atoms with Crippen LogP contribution in [0.3, 0.4) is 0 Å². The molecule has 1 N–H and O–H groups in total. The predicted molar refractivity (Wildman–Crippen MR) is 144 cm³/mol. The van der Waals surface area contributed by atoms with Gasteiger partial charge in [-0.05, 0) is 111 Å². The lowest BCUT2D eigenvalue weighted by Crippen LogP contribution is -2.48. The second-order valence-corrected chi connectivity index (χ2v) is 11.1. The number of amides is 3. The Morgan fingerprint density at radius 3 is 2.57 bits per heavy atom. The number of benzene rings is 2. The van der Waals surface area contributed by atoms with Crippen LogP contribution >= 0.6 is 11.8 Å². The fourth-order valence-electron chi connectivity index (χ4n) is 5.15. The number of nitrogens with zero attached hydrogens (tertiary/aromatic N) is 2. The van der Waals surface area contributed by atoms with Crippen LogP contribution in [0.15, 0.2) is 41.3 Å². The molecule has 1 fully saturated rings. The smallest absolute Gasteiger partial charge is 0.294 e. The Hall–Kier alpha value is -3.06. The molecule has 2 aliphatic heterocycles. The summed E-state index contributed by atoms with van der Waals surface area (Å²) in [6.07, 6.45) is 2.80. The Balaban J connectivity index is 1.50. The van der Waals surface area contributed by atoms with E-state index >= 15 is 0 Å². The number of carbonyl (C=O) groups excluding carboxylic acids is 3. The van der Waals surface area contributed by atoms with Crippen molar-refractivity contribution in [3.05, 3.63) is 63.6 Å². The molecule has 3 amide bonds. The molecular weight excluding hydrogens is 458 g/mol. The van der Waals surface area contributed by atoms with Crippen molar-refractivity contribution in [1.29, 1.82) is 0 Å². The molecule has 1 saturated heterocycles. The van der Waals surface area contributed by atoms with E-state index in [9.17, 15) is 14.4 Å². The van der Waals surface area contributed by atoms with E-state index in [4.69, 9.17) is 0 Å². The zero-order valence-corrected chi connectivity index (χ0v) is 22.1. The highest BCUT2D eigenvalue weighted by Crippen LogP contribution is 2.44. The van der Waals surface area contributed by atoms with Gasteiger partial charge in [-0.25, -0.2) is 0 Å². The number of hydrogen-bond donors (Lipinski definition) is 1. The molecule has 0 saturated carbocycles. The highest BCUT2D eigenvalue weighted by Gasteiger charge is 2.37. The largest absolute Gasteiger partial charge is 0.366 e. The van der Waals surface area contributed by atoms with Gasteiger partial charge in [0.1, 0.15) is 6.54 Å². The third-order valence-electron chi connectivity index (χ3n) is 6.99. The molecule has 0 aromatic heterocycles. The predicted octanol–water partition coefficient (Wildman–Crippen LogP) is 6.09. The maximum atomic E-state index is 13.0. The number of aryl methyl sites for hydroxylation is 2. The van der Waals surface area contributed by atoms with Gasteiger partial charge in [0.05, 0.1) is 4.91 Å². The van der Waals surface area contributed by atoms with E-state index in [2.05, 4.69) is 50.0 Å². The fourth-order valence-corrected chi connectivity index (χ4v) is 5.99. The van der Waals surface area contributed by atoms with Crippen LogP contribution in [0, 0.1) is 13.8 Å². The molecule has 0 aliphatic carbocycles. The van der Waals surface area contributed by atoms with E-state index in [0.29, 0.717) is 16.5 Å².